The van der Waals surface area contributed by atoms with E-state index in [1.807, 2.05) is 19.1 Å². The summed E-state index contributed by atoms with van der Waals surface area (Å²) >= 11 is 0. The van der Waals surface area contributed by atoms with Gasteiger partial charge in [0.2, 0.25) is 5.79 Å². The number of nitrogens with zero attached hydrogens (tertiary/aromatic N) is 2. The molecule has 0 aliphatic carbocycles. The predicted molar refractivity (Wildman–Crippen MR) is 210 cm³/mol. The zero-order chi connectivity index (χ0) is 40.7. The summed E-state index contributed by atoms with van der Waals surface area (Å²) in [6.07, 6.45) is 6.38. The van der Waals surface area contributed by atoms with E-state index in [0.717, 1.165) is 5.56 Å². The minimum atomic E-state index is -1.44. The number of carbonyl (C=O) groups excluding carboxylic acids is 2. The van der Waals surface area contributed by atoms with Crippen LogP contribution >= 0.6 is 0 Å². The molecule has 1 amide bonds. The van der Waals surface area contributed by atoms with Gasteiger partial charge in [-0.1, -0.05) is 45.9 Å². The van der Waals surface area contributed by atoms with Gasteiger partial charge in [0.15, 0.2) is 12.0 Å². The fourth-order valence-electron chi connectivity index (χ4n) is 7.33. The first-order valence-electron chi connectivity index (χ1n) is 18.4. The van der Waals surface area contributed by atoms with Crippen LogP contribution in [-0.4, -0.2) is 84.4 Å². The Morgan fingerprint density at radius 3 is 2.25 bits per heavy atom. The minimum Gasteiger partial charge on any atom is -0.507 e. The van der Waals surface area contributed by atoms with Crippen LogP contribution in [0.5, 0.6) is 17.2 Å². The summed E-state index contributed by atoms with van der Waals surface area (Å²) in [6, 6.07) is 3.64. The number of amides is 1. The molecule has 13 nitrogen and oxygen atoms in total. The molecule has 0 saturated heterocycles. The van der Waals surface area contributed by atoms with E-state index in [9.17, 15) is 35.1 Å². The van der Waals surface area contributed by atoms with Crippen molar-refractivity contribution in [3.8, 4) is 17.2 Å². The lowest BCUT2D eigenvalue weighted by molar-refractivity contribution is -0.115. The molecular weight excluding hydrogens is 706 g/mol. The van der Waals surface area contributed by atoms with Gasteiger partial charge in [0.1, 0.15) is 33.9 Å². The maximum Gasteiger partial charge on any atom is 0.251 e. The number of anilines is 1. The highest BCUT2D eigenvalue weighted by Gasteiger charge is 2.37. The zero-order valence-electron chi connectivity index (χ0n) is 33.0. The molecule has 6 rings (SSSR count). The van der Waals surface area contributed by atoms with Crippen LogP contribution in [0.15, 0.2) is 54.5 Å². The zero-order valence-corrected chi connectivity index (χ0v) is 33.0. The Bertz CT molecular complexity index is 2200. The second kappa shape index (κ2) is 16.0. The van der Waals surface area contributed by atoms with Gasteiger partial charge in [-0.2, -0.15) is 0 Å². The number of aliphatic hydroxyl groups is 3. The topological polar surface area (TPSA) is 192 Å². The quantitative estimate of drug-likeness (QED) is 0.100. The Morgan fingerprint density at radius 2 is 1.60 bits per heavy atom. The number of rotatable bonds is 2. The van der Waals surface area contributed by atoms with E-state index in [2.05, 4.69) is 5.32 Å². The molecule has 4 bridgehead atoms. The molecule has 55 heavy (non-hydrogen) atoms. The number of methoxy groups -OCH3 is 1. The van der Waals surface area contributed by atoms with Gasteiger partial charge in [-0.15, -0.1) is 0 Å². The third kappa shape index (κ3) is 7.79. The fraction of sp³-hybridized carbons (Fsp3) is 0.452. The van der Waals surface area contributed by atoms with Gasteiger partial charge < -0.3 is 45.1 Å². The molecule has 2 aliphatic rings. The van der Waals surface area contributed by atoms with Crippen LogP contribution in [-0.2, 0) is 14.3 Å². The van der Waals surface area contributed by atoms with Gasteiger partial charge in [0, 0.05) is 67.3 Å². The van der Waals surface area contributed by atoms with Crippen molar-refractivity contribution in [2.45, 2.75) is 92.5 Å². The number of nitrogens with one attached hydrogen (secondary N) is 1. The molecule has 6 N–H and O–H groups in total. The van der Waals surface area contributed by atoms with E-state index in [-0.39, 0.29) is 49.9 Å². The molecule has 8 unspecified atom stereocenters. The van der Waals surface area contributed by atoms with Gasteiger partial charge in [-0.3, -0.25) is 14.0 Å². The SMILES string of the molecule is COC1/C=C/OC(C)(C)Oc2c(C)c(O)c3c(O)c(c4c(nc5cc(C)ccn54)c3c2C=O)NC(=O)/C(C)=C\C=C\C(C)C(O)C(C)C(O)C(C)C(O)C1C. The van der Waals surface area contributed by atoms with Crippen molar-refractivity contribution in [1.29, 1.82) is 0 Å². The number of phenolic OH excluding ortho intramolecular Hbond substituents is 2. The lowest BCUT2D eigenvalue weighted by atomic mass is 9.78. The molecule has 0 saturated carbocycles. The van der Waals surface area contributed by atoms with Crippen LogP contribution in [0.1, 0.15) is 70.0 Å². The van der Waals surface area contributed by atoms with E-state index in [1.165, 1.54) is 20.3 Å². The first-order chi connectivity index (χ1) is 25.8. The third-order valence-corrected chi connectivity index (χ3v) is 10.9. The summed E-state index contributed by atoms with van der Waals surface area (Å²) in [5, 5.41) is 60.2. The lowest BCUT2D eigenvalue weighted by Gasteiger charge is -2.36. The molecule has 2 aromatic heterocycles. The molecule has 4 aromatic rings. The van der Waals surface area contributed by atoms with Gasteiger partial charge in [0.25, 0.3) is 5.91 Å². The van der Waals surface area contributed by atoms with Crippen molar-refractivity contribution in [1.82, 2.24) is 9.38 Å². The van der Waals surface area contributed by atoms with Crippen LogP contribution in [0, 0.1) is 37.5 Å². The first kappa shape index (κ1) is 41.2. The van der Waals surface area contributed by atoms with Gasteiger partial charge in [0.05, 0.1) is 41.6 Å². The standard InChI is InChI=1S/C42H53N3O10/c1-20-14-16-45-29(18-20)43-32-30-27(19-46)40-26(7)38(50)31(30)39(51)33(34(32)45)44-41(52)22(3)13-11-12-21(2)35(47)24(5)37(49)25(6)36(48)23(4)28(53-10)15-17-54-42(8,9)55-40/h11-19,21,23-25,28,35-37,47-51H,1-10H3,(H,44,52)/b12-11+,17-15+,22-13-. The number of ether oxygens (including phenoxy) is 3. The van der Waals surface area contributed by atoms with Crippen molar-refractivity contribution in [3.63, 3.8) is 0 Å². The highest BCUT2D eigenvalue weighted by atomic mass is 16.7. The van der Waals surface area contributed by atoms with Crippen molar-refractivity contribution in [2.75, 3.05) is 12.4 Å². The molecule has 13 heteroatoms. The number of phenols is 2. The first-order valence-corrected chi connectivity index (χ1v) is 18.4. The summed E-state index contributed by atoms with van der Waals surface area (Å²) in [7, 11) is 1.48. The number of imidazole rings is 1. The Kier molecular flexibility index (Phi) is 12.0. The number of aliphatic hydroxyl groups excluding tert-OH is 3. The lowest BCUT2D eigenvalue weighted by Crippen LogP contribution is -2.44. The number of aryl methyl sites for hydroxylation is 1. The number of benzene rings is 2. The minimum absolute atomic E-state index is 0.0133. The molecule has 0 fully saturated rings. The third-order valence-electron chi connectivity index (χ3n) is 10.9. The Labute approximate surface area is 320 Å². The smallest absolute Gasteiger partial charge is 0.251 e. The Balaban J connectivity index is 1.75. The fourth-order valence-corrected chi connectivity index (χ4v) is 7.33. The average molecular weight is 760 g/mol. The molecule has 296 valence electrons. The van der Waals surface area contributed by atoms with Gasteiger partial charge in [-0.25, -0.2) is 4.98 Å². The van der Waals surface area contributed by atoms with Crippen LogP contribution < -0.4 is 10.1 Å². The Morgan fingerprint density at radius 1 is 0.945 bits per heavy atom. The number of hydrogen-bond donors (Lipinski definition) is 6. The molecule has 4 heterocycles. The van der Waals surface area contributed by atoms with Crippen molar-refractivity contribution < 1.29 is 49.3 Å². The molecule has 2 aromatic carbocycles. The van der Waals surface area contributed by atoms with E-state index < -0.39 is 71.3 Å². The number of aldehydes is 1. The molecular formula is C42H53N3O10. The summed E-state index contributed by atoms with van der Waals surface area (Å²) in [4.78, 5) is 31.6. The summed E-state index contributed by atoms with van der Waals surface area (Å²) in [5.74, 6) is -5.16. The second-order valence-electron chi connectivity index (χ2n) is 15.3. The highest BCUT2D eigenvalue weighted by Crippen LogP contribution is 2.50. The molecule has 0 radical (unpaired) electrons. The Hall–Kier alpha value is -4.95. The van der Waals surface area contributed by atoms with Crippen LogP contribution in [0.2, 0.25) is 0 Å². The number of fused-ring (bicyclic) bond motifs is 17. The van der Waals surface area contributed by atoms with E-state index in [1.54, 1.807) is 83.4 Å². The number of hydrogen-bond acceptors (Lipinski definition) is 11. The van der Waals surface area contributed by atoms with Crippen LogP contribution in [0.25, 0.3) is 27.5 Å². The van der Waals surface area contributed by atoms with Crippen molar-refractivity contribution in [3.05, 3.63) is 71.2 Å². The van der Waals surface area contributed by atoms with Crippen LogP contribution in [0.4, 0.5) is 5.69 Å². The van der Waals surface area contributed by atoms with E-state index in [4.69, 9.17) is 19.2 Å². The number of pyridine rings is 1. The van der Waals surface area contributed by atoms with Crippen molar-refractivity contribution >= 4 is 45.3 Å². The molecule has 8 atom stereocenters. The number of aromatic hydroxyl groups is 2. The molecule has 2 aliphatic heterocycles. The summed E-state index contributed by atoms with van der Waals surface area (Å²) in [5.41, 5.74) is 2.16. The largest absolute Gasteiger partial charge is 0.507 e. The normalized spacial score (nSPS) is 29.3. The maximum absolute atomic E-state index is 13.7. The highest BCUT2D eigenvalue weighted by molar-refractivity contribution is 6.24. The number of carbonyl (C=O) groups is 2. The maximum atomic E-state index is 13.7. The average Bonchev–Trinajstić information content (AvgIpc) is 3.52. The monoisotopic (exact) mass is 759 g/mol. The van der Waals surface area contributed by atoms with E-state index in [0.29, 0.717) is 11.9 Å². The summed E-state index contributed by atoms with van der Waals surface area (Å²) in [6.45, 7) is 15.2. The van der Waals surface area contributed by atoms with Gasteiger partial charge >= 0.3 is 0 Å². The predicted octanol–water partition coefficient (Wildman–Crippen LogP) is 6.22. The van der Waals surface area contributed by atoms with Gasteiger partial charge in [-0.05, 0) is 44.5 Å². The summed E-state index contributed by atoms with van der Waals surface area (Å²) < 4.78 is 19.7. The molecule has 0 spiro atoms. The van der Waals surface area contributed by atoms with E-state index >= 15 is 0 Å². The number of aromatic nitrogens is 2. The number of allylic oxidation sites excluding steroid dienone is 2. The van der Waals surface area contributed by atoms with Crippen LogP contribution in [0.3, 0.4) is 0 Å². The second-order valence-corrected chi connectivity index (χ2v) is 15.3. The van der Waals surface area contributed by atoms with Crippen molar-refractivity contribution in [2.24, 2.45) is 23.7 Å².